The van der Waals surface area contributed by atoms with Crippen LogP contribution in [0.3, 0.4) is 0 Å². The number of hydrogen-bond donors (Lipinski definition) is 1. The molecule has 0 unspecified atom stereocenters. The molecular formula is C12H12ClN5S2. The van der Waals surface area contributed by atoms with Gasteiger partial charge in [0.05, 0.1) is 11.4 Å². The summed E-state index contributed by atoms with van der Waals surface area (Å²) in [5.74, 6) is 1.88. The lowest BCUT2D eigenvalue weighted by Crippen LogP contribution is -2.28. The molecule has 5 nitrogen and oxygen atoms in total. The molecule has 0 aromatic carbocycles. The van der Waals surface area contributed by atoms with Crippen LogP contribution in [0.1, 0.15) is 5.82 Å². The maximum Gasteiger partial charge on any atom is 0.183 e. The van der Waals surface area contributed by atoms with Gasteiger partial charge < -0.3 is 9.88 Å². The molecule has 4 rings (SSSR count). The summed E-state index contributed by atoms with van der Waals surface area (Å²) in [7, 11) is 0. The van der Waals surface area contributed by atoms with E-state index in [2.05, 4.69) is 41.9 Å². The molecule has 0 atom stereocenters. The molecule has 0 fully saturated rings. The normalized spacial score (nSPS) is 13.8. The van der Waals surface area contributed by atoms with Gasteiger partial charge in [-0.2, -0.15) is 0 Å². The Bertz CT molecular complexity index is 703. The van der Waals surface area contributed by atoms with Crippen molar-refractivity contribution < 1.29 is 0 Å². The van der Waals surface area contributed by atoms with E-state index in [9.17, 15) is 0 Å². The van der Waals surface area contributed by atoms with Gasteiger partial charge >= 0.3 is 0 Å². The minimum Gasteiger partial charge on any atom is -0.308 e. The molecule has 3 aromatic rings. The van der Waals surface area contributed by atoms with Gasteiger partial charge in [0.25, 0.3) is 0 Å². The summed E-state index contributed by atoms with van der Waals surface area (Å²) < 4.78 is 2.16. The highest BCUT2D eigenvalue weighted by Crippen LogP contribution is 2.31. The largest absolute Gasteiger partial charge is 0.308 e. The third-order valence-electron chi connectivity index (χ3n) is 3.09. The van der Waals surface area contributed by atoms with Gasteiger partial charge in [-0.25, -0.2) is 4.98 Å². The predicted molar refractivity (Wildman–Crippen MR) is 83.4 cm³/mol. The maximum atomic E-state index is 4.69. The van der Waals surface area contributed by atoms with Gasteiger partial charge in [-0.3, -0.25) is 0 Å². The number of fused-ring (bicyclic) bond motifs is 1. The Morgan fingerprint density at radius 2 is 2.20 bits per heavy atom. The lowest BCUT2D eigenvalue weighted by molar-refractivity contribution is 0.508. The molecule has 0 radical (unpaired) electrons. The Hall–Kier alpha value is -1.28. The van der Waals surface area contributed by atoms with Crippen LogP contribution in [0.2, 0.25) is 0 Å². The summed E-state index contributed by atoms with van der Waals surface area (Å²) in [4.78, 5) is 5.89. The first kappa shape index (κ1) is 13.7. The van der Waals surface area contributed by atoms with E-state index >= 15 is 0 Å². The summed E-state index contributed by atoms with van der Waals surface area (Å²) in [6.45, 7) is 2.65. The summed E-state index contributed by atoms with van der Waals surface area (Å²) in [5.41, 5.74) is 0.925. The molecule has 1 N–H and O–H groups in total. The van der Waals surface area contributed by atoms with Crippen molar-refractivity contribution in [3.63, 3.8) is 0 Å². The third kappa shape index (κ3) is 2.26. The smallest absolute Gasteiger partial charge is 0.183 e. The van der Waals surface area contributed by atoms with Crippen LogP contribution in [0.15, 0.2) is 22.9 Å². The van der Waals surface area contributed by atoms with Crippen molar-refractivity contribution in [1.29, 1.82) is 0 Å². The summed E-state index contributed by atoms with van der Waals surface area (Å²) in [5, 5.41) is 17.0. The third-order valence-corrected chi connectivity index (χ3v) is 4.97. The van der Waals surface area contributed by atoms with E-state index in [0.29, 0.717) is 0 Å². The maximum absolute atomic E-state index is 4.69. The first-order chi connectivity index (χ1) is 9.42. The molecule has 1 aliphatic heterocycles. The fraction of sp³-hybridized carbons (Fsp3) is 0.250. The standard InChI is InChI=1S/C12H11N5S2.ClH/c1-2-9(18-5-1)12-14-8(7-19-12)11-16-15-10-6-13-3-4-17(10)11;/h1-2,5,7,13H,3-4,6H2;1H. The van der Waals surface area contributed by atoms with Crippen molar-refractivity contribution in [2.24, 2.45) is 0 Å². The Morgan fingerprint density at radius 1 is 1.25 bits per heavy atom. The molecule has 8 heteroatoms. The number of thiazole rings is 1. The average Bonchev–Trinajstić information content (AvgIpc) is 3.18. The van der Waals surface area contributed by atoms with Crippen LogP contribution < -0.4 is 5.32 Å². The fourth-order valence-electron chi connectivity index (χ4n) is 2.17. The molecule has 104 valence electrons. The molecule has 4 heterocycles. The molecule has 0 bridgehead atoms. The number of nitrogens with zero attached hydrogens (tertiary/aromatic N) is 4. The van der Waals surface area contributed by atoms with Gasteiger partial charge in [0.1, 0.15) is 16.5 Å². The number of nitrogens with one attached hydrogen (secondary N) is 1. The number of thiophene rings is 1. The summed E-state index contributed by atoms with van der Waals surface area (Å²) >= 11 is 3.37. The SMILES string of the molecule is Cl.c1csc(-c2nc(-c3nnc4n3CCNC4)cs2)c1. The van der Waals surface area contributed by atoms with Gasteiger partial charge in [-0.15, -0.1) is 45.3 Å². The number of hydrogen-bond acceptors (Lipinski definition) is 6. The van der Waals surface area contributed by atoms with E-state index in [1.165, 1.54) is 4.88 Å². The topological polar surface area (TPSA) is 55.6 Å². The van der Waals surface area contributed by atoms with Crippen LogP contribution in [-0.2, 0) is 13.1 Å². The lowest BCUT2D eigenvalue weighted by Gasteiger charge is -2.15. The first-order valence-corrected chi connectivity index (χ1v) is 7.80. The van der Waals surface area contributed by atoms with Gasteiger partial charge in [0.15, 0.2) is 5.82 Å². The summed E-state index contributed by atoms with van der Waals surface area (Å²) in [6, 6.07) is 4.14. The van der Waals surface area contributed by atoms with Crippen LogP contribution in [0.4, 0.5) is 0 Å². The van der Waals surface area contributed by atoms with Crippen LogP contribution >= 0.6 is 35.1 Å². The average molecular weight is 326 g/mol. The van der Waals surface area contributed by atoms with E-state index in [4.69, 9.17) is 0 Å². The highest BCUT2D eigenvalue weighted by atomic mass is 35.5. The first-order valence-electron chi connectivity index (χ1n) is 6.04. The van der Waals surface area contributed by atoms with Crippen molar-refractivity contribution in [1.82, 2.24) is 25.1 Å². The second-order valence-electron chi connectivity index (χ2n) is 4.28. The Balaban J connectivity index is 0.00000121. The van der Waals surface area contributed by atoms with E-state index in [1.807, 2.05) is 6.07 Å². The second-order valence-corrected chi connectivity index (χ2v) is 6.09. The van der Waals surface area contributed by atoms with Gasteiger partial charge in [0, 0.05) is 18.5 Å². The Labute approximate surface area is 130 Å². The van der Waals surface area contributed by atoms with E-state index in [1.54, 1.807) is 22.7 Å². The number of halogens is 1. The molecule has 1 aliphatic rings. The Morgan fingerprint density at radius 3 is 3.05 bits per heavy atom. The van der Waals surface area contributed by atoms with Crippen molar-refractivity contribution >= 4 is 35.1 Å². The van der Waals surface area contributed by atoms with E-state index in [0.717, 1.165) is 42.0 Å². The predicted octanol–water partition coefficient (Wildman–Crippen LogP) is 2.66. The number of aromatic nitrogens is 4. The van der Waals surface area contributed by atoms with Crippen molar-refractivity contribution in [3.05, 3.63) is 28.7 Å². The zero-order chi connectivity index (χ0) is 12.7. The van der Waals surface area contributed by atoms with Crippen molar-refractivity contribution in [2.45, 2.75) is 13.1 Å². The van der Waals surface area contributed by atoms with E-state index in [-0.39, 0.29) is 12.4 Å². The number of rotatable bonds is 2. The zero-order valence-electron chi connectivity index (χ0n) is 10.4. The van der Waals surface area contributed by atoms with Gasteiger partial charge in [-0.1, -0.05) is 6.07 Å². The highest BCUT2D eigenvalue weighted by molar-refractivity contribution is 7.20. The van der Waals surface area contributed by atoms with Crippen molar-refractivity contribution in [2.75, 3.05) is 6.54 Å². The molecule has 0 saturated carbocycles. The van der Waals surface area contributed by atoms with Gasteiger partial charge in [0.2, 0.25) is 0 Å². The van der Waals surface area contributed by atoms with Crippen molar-refractivity contribution in [3.8, 4) is 21.4 Å². The molecular weight excluding hydrogens is 314 g/mol. The fourth-order valence-corrected chi connectivity index (χ4v) is 3.78. The zero-order valence-corrected chi connectivity index (χ0v) is 12.9. The lowest BCUT2D eigenvalue weighted by atomic mass is 10.4. The monoisotopic (exact) mass is 325 g/mol. The van der Waals surface area contributed by atoms with Crippen LogP contribution in [0, 0.1) is 0 Å². The molecule has 20 heavy (non-hydrogen) atoms. The summed E-state index contributed by atoms with van der Waals surface area (Å²) in [6.07, 6.45) is 0. The molecule has 0 saturated heterocycles. The second kappa shape index (κ2) is 5.61. The molecule has 0 amide bonds. The van der Waals surface area contributed by atoms with Crippen LogP contribution in [0.25, 0.3) is 21.4 Å². The minimum absolute atomic E-state index is 0. The molecule has 3 aromatic heterocycles. The molecule has 0 aliphatic carbocycles. The highest BCUT2D eigenvalue weighted by Gasteiger charge is 2.18. The minimum atomic E-state index is 0. The van der Waals surface area contributed by atoms with E-state index < -0.39 is 0 Å². The quantitative estimate of drug-likeness (QED) is 0.787. The molecule has 0 spiro atoms. The van der Waals surface area contributed by atoms with Crippen LogP contribution in [0.5, 0.6) is 0 Å². The Kier molecular flexibility index (Phi) is 3.84. The van der Waals surface area contributed by atoms with Crippen LogP contribution in [-0.4, -0.2) is 26.3 Å². The van der Waals surface area contributed by atoms with Gasteiger partial charge in [-0.05, 0) is 11.4 Å².